The zero-order valence-corrected chi connectivity index (χ0v) is 11.1. The first-order valence-electron chi connectivity index (χ1n) is 6.26. The minimum absolute atomic E-state index is 0.0247. The van der Waals surface area contributed by atoms with Gasteiger partial charge in [-0.05, 0) is 38.1 Å². The maximum absolute atomic E-state index is 12.0. The van der Waals surface area contributed by atoms with Gasteiger partial charge in [0, 0.05) is 6.54 Å². The molecule has 0 saturated carbocycles. The topological polar surface area (TPSA) is 69.6 Å². The summed E-state index contributed by atoms with van der Waals surface area (Å²) in [6.07, 6.45) is 0.563. The fraction of sp³-hybridized carbons (Fsp3) is 0.429. The highest BCUT2D eigenvalue weighted by Crippen LogP contribution is 2.15. The molecule has 0 aromatic heterocycles. The highest BCUT2D eigenvalue weighted by Gasteiger charge is 2.33. The van der Waals surface area contributed by atoms with E-state index >= 15 is 0 Å². The third kappa shape index (κ3) is 3.12. The van der Waals surface area contributed by atoms with Gasteiger partial charge in [-0.3, -0.25) is 14.5 Å². The van der Waals surface area contributed by atoms with Gasteiger partial charge in [0.1, 0.15) is 5.75 Å². The molecule has 19 heavy (non-hydrogen) atoms. The first kappa shape index (κ1) is 13.5. The van der Waals surface area contributed by atoms with Crippen LogP contribution in [0.25, 0.3) is 0 Å². The summed E-state index contributed by atoms with van der Waals surface area (Å²) < 4.78 is 0. The molecule has 1 saturated heterocycles. The third-order valence-corrected chi connectivity index (χ3v) is 3.48. The van der Waals surface area contributed by atoms with E-state index in [0.29, 0.717) is 13.0 Å². The summed E-state index contributed by atoms with van der Waals surface area (Å²) in [5.74, 6) is 0.0622. The van der Waals surface area contributed by atoms with Crippen LogP contribution in [0, 0.1) is 0 Å². The molecule has 0 radical (unpaired) electrons. The predicted octanol–water partition coefficient (Wildman–Crippen LogP) is 0.322. The van der Waals surface area contributed by atoms with E-state index in [1.807, 2.05) is 11.9 Å². The fourth-order valence-electron chi connectivity index (χ4n) is 2.26. The number of ketones is 1. The Hall–Kier alpha value is -1.88. The molecule has 0 aliphatic carbocycles. The number of nitrogens with zero attached hydrogens (tertiary/aromatic N) is 1. The lowest BCUT2D eigenvalue weighted by molar-refractivity contribution is -0.134. The monoisotopic (exact) mass is 262 g/mol. The Morgan fingerprint density at radius 1 is 1.42 bits per heavy atom. The average Bonchev–Trinajstić information content (AvgIpc) is 2.35. The Bertz CT molecular complexity index is 484. The van der Waals surface area contributed by atoms with Crippen LogP contribution in [0.4, 0.5) is 0 Å². The Labute approximate surface area is 112 Å². The summed E-state index contributed by atoms with van der Waals surface area (Å²) in [7, 11) is 1.85. The number of Topliss-reactive ketones (excluding diaryl/α,β-unsaturated/α-hetero) is 1. The van der Waals surface area contributed by atoms with E-state index in [4.69, 9.17) is 0 Å². The van der Waals surface area contributed by atoms with Gasteiger partial charge in [-0.15, -0.1) is 0 Å². The van der Waals surface area contributed by atoms with Crippen LogP contribution in [0.2, 0.25) is 0 Å². The van der Waals surface area contributed by atoms with Gasteiger partial charge in [0.25, 0.3) is 0 Å². The second kappa shape index (κ2) is 5.40. The van der Waals surface area contributed by atoms with Crippen molar-refractivity contribution in [3.63, 3.8) is 0 Å². The number of piperazine rings is 1. The zero-order chi connectivity index (χ0) is 14.0. The summed E-state index contributed by atoms with van der Waals surface area (Å²) >= 11 is 0. The standard InChI is InChI=1S/C14H18N2O3/c1-9(17)12-8-16(2)13(14(19)15-12)7-10-3-5-11(18)6-4-10/h3-6,12-13,18H,7-8H2,1-2H3,(H,15,19)/t12-,13-/m0/s1. The van der Waals surface area contributed by atoms with E-state index < -0.39 is 6.04 Å². The van der Waals surface area contributed by atoms with E-state index in [1.165, 1.54) is 6.92 Å². The summed E-state index contributed by atoms with van der Waals surface area (Å²) in [6, 6.07) is 6.12. The van der Waals surface area contributed by atoms with Crippen molar-refractivity contribution >= 4 is 11.7 Å². The molecule has 2 atom stereocenters. The second-order valence-electron chi connectivity index (χ2n) is 5.00. The van der Waals surface area contributed by atoms with E-state index in [0.717, 1.165) is 5.56 Å². The van der Waals surface area contributed by atoms with Crippen molar-refractivity contribution in [3.05, 3.63) is 29.8 Å². The number of benzene rings is 1. The molecule has 1 aliphatic rings. The number of hydrogen-bond acceptors (Lipinski definition) is 4. The SMILES string of the molecule is CC(=O)[C@@H]1CN(C)[C@@H](Cc2ccc(O)cc2)C(=O)N1. The normalized spacial score (nSPS) is 24.0. The van der Waals surface area contributed by atoms with Crippen LogP contribution in [0.3, 0.4) is 0 Å². The number of carbonyl (C=O) groups is 2. The molecular weight excluding hydrogens is 244 g/mol. The lowest BCUT2D eigenvalue weighted by Gasteiger charge is -2.36. The lowest BCUT2D eigenvalue weighted by Crippen LogP contribution is -2.61. The minimum atomic E-state index is -0.409. The summed E-state index contributed by atoms with van der Waals surface area (Å²) in [5, 5.41) is 12.0. The van der Waals surface area contributed by atoms with Gasteiger partial charge in [-0.1, -0.05) is 12.1 Å². The van der Waals surface area contributed by atoms with Gasteiger partial charge in [0.05, 0.1) is 12.1 Å². The molecule has 2 rings (SSSR count). The molecule has 0 spiro atoms. The van der Waals surface area contributed by atoms with E-state index in [2.05, 4.69) is 5.32 Å². The maximum atomic E-state index is 12.0. The van der Waals surface area contributed by atoms with Gasteiger partial charge in [0.2, 0.25) is 5.91 Å². The number of nitrogens with one attached hydrogen (secondary N) is 1. The van der Waals surface area contributed by atoms with Gasteiger partial charge < -0.3 is 10.4 Å². The molecule has 1 fully saturated rings. The summed E-state index contributed by atoms with van der Waals surface area (Å²) in [5.41, 5.74) is 0.978. The number of likely N-dealkylation sites (N-methyl/N-ethyl adjacent to an activating group) is 1. The van der Waals surface area contributed by atoms with Crippen molar-refractivity contribution < 1.29 is 14.7 Å². The zero-order valence-electron chi connectivity index (χ0n) is 11.1. The van der Waals surface area contributed by atoms with Gasteiger partial charge >= 0.3 is 0 Å². The molecular formula is C14H18N2O3. The quantitative estimate of drug-likeness (QED) is 0.823. The van der Waals surface area contributed by atoms with E-state index in [9.17, 15) is 14.7 Å². The Kier molecular flexibility index (Phi) is 3.85. The maximum Gasteiger partial charge on any atom is 0.238 e. The van der Waals surface area contributed by atoms with Gasteiger partial charge in [-0.25, -0.2) is 0 Å². The van der Waals surface area contributed by atoms with Crippen LogP contribution >= 0.6 is 0 Å². The molecule has 0 bridgehead atoms. The van der Waals surface area contributed by atoms with Crippen molar-refractivity contribution in [1.29, 1.82) is 0 Å². The molecule has 1 aromatic rings. The lowest BCUT2D eigenvalue weighted by atomic mass is 9.99. The number of phenolic OH excluding ortho intramolecular Hbond substituents is 1. The highest BCUT2D eigenvalue weighted by molar-refractivity contribution is 5.91. The molecule has 1 amide bonds. The van der Waals surface area contributed by atoms with Crippen molar-refractivity contribution in [2.45, 2.75) is 25.4 Å². The van der Waals surface area contributed by atoms with Crippen molar-refractivity contribution in [2.75, 3.05) is 13.6 Å². The minimum Gasteiger partial charge on any atom is -0.508 e. The van der Waals surface area contributed by atoms with Crippen LogP contribution in [0.15, 0.2) is 24.3 Å². The van der Waals surface area contributed by atoms with E-state index in [1.54, 1.807) is 24.3 Å². The Morgan fingerprint density at radius 2 is 2.05 bits per heavy atom. The molecule has 1 heterocycles. The number of rotatable bonds is 3. The predicted molar refractivity (Wildman–Crippen MR) is 70.8 cm³/mol. The van der Waals surface area contributed by atoms with Crippen molar-refractivity contribution in [3.8, 4) is 5.75 Å². The number of amides is 1. The van der Waals surface area contributed by atoms with Crippen LogP contribution in [0.1, 0.15) is 12.5 Å². The number of carbonyl (C=O) groups excluding carboxylic acids is 2. The first-order chi connectivity index (χ1) is 8.97. The molecule has 5 nitrogen and oxygen atoms in total. The molecule has 102 valence electrons. The van der Waals surface area contributed by atoms with Crippen LogP contribution in [0.5, 0.6) is 5.75 Å². The van der Waals surface area contributed by atoms with Crippen molar-refractivity contribution in [2.24, 2.45) is 0 Å². The smallest absolute Gasteiger partial charge is 0.238 e. The second-order valence-corrected chi connectivity index (χ2v) is 5.00. The van der Waals surface area contributed by atoms with Crippen LogP contribution in [-0.4, -0.2) is 47.4 Å². The first-order valence-corrected chi connectivity index (χ1v) is 6.26. The van der Waals surface area contributed by atoms with Gasteiger partial charge in [-0.2, -0.15) is 0 Å². The fourth-order valence-corrected chi connectivity index (χ4v) is 2.26. The Balaban J connectivity index is 2.06. The van der Waals surface area contributed by atoms with Crippen LogP contribution in [-0.2, 0) is 16.0 Å². The Morgan fingerprint density at radius 3 is 2.58 bits per heavy atom. The van der Waals surface area contributed by atoms with E-state index in [-0.39, 0.29) is 23.5 Å². The number of aromatic hydroxyl groups is 1. The third-order valence-electron chi connectivity index (χ3n) is 3.48. The summed E-state index contributed by atoms with van der Waals surface area (Å²) in [4.78, 5) is 25.3. The number of phenols is 1. The molecule has 5 heteroatoms. The largest absolute Gasteiger partial charge is 0.508 e. The molecule has 1 aromatic carbocycles. The average molecular weight is 262 g/mol. The molecule has 0 unspecified atom stereocenters. The molecule has 1 aliphatic heterocycles. The molecule has 2 N–H and O–H groups in total. The van der Waals surface area contributed by atoms with Crippen LogP contribution < -0.4 is 5.32 Å². The van der Waals surface area contributed by atoms with Gasteiger partial charge in [0.15, 0.2) is 5.78 Å². The summed E-state index contributed by atoms with van der Waals surface area (Å²) in [6.45, 7) is 2.02. The van der Waals surface area contributed by atoms with Crippen molar-refractivity contribution in [1.82, 2.24) is 10.2 Å². The highest BCUT2D eigenvalue weighted by atomic mass is 16.3. The number of hydrogen-bond donors (Lipinski definition) is 2.